The molecule has 0 aliphatic carbocycles. The number of aromatic nitrogens is 1. The fourth-order valence-electron chi connectivity index (χ4n) is 1.85. The zero-order chi connectivity index (χ0) is 13.0. The van der Waals surface area contributed by atoms with Gasteiger partial charge in [0.1, 0.15) is 0 Å². The zero-order valence-corrected chi connectivity index (χ0v) is 10.2. The van der Waals surface area contributed by atoms with Gasteiger partial charge in [-0.3, -0.25) is 4.79 Å². The SMILES string of the molecule is Cc1[nH]ccc1C(=O)NC(CO)c1ccccc1. The van der Waals surface area contributed by atoms with Crippen LogP contribution < -0.4 is 5.32 Å². The van der Waals surface area contributed by atoms with E-state index in [1.807, 2.05) is 37.3 Å². The molecule has 0 radical (unpaired) electrons. The normalized spacial score (nSPS) is 12.1. The number of amides is 1. The van der Waals surface area contributed by atoms with Gasteiger partial charge in [0.25, 0.3) is 5.91 Å². The Bertz CT molecular complexity index is 520. The summed E-state index contributed by atoms with van der Waals surface area (Å²) in [5.41, 5.74) is 2.31. The van der Waals surface area contributed by atoms with Gasteiger partial charge >= 0.3 is 0 Å². The summed E-state index contributed by atoms with van der Waals surface area (Å²) >= 11 is 0. The highest BCUT2D eigenvalue weighted by Crippen LogP contribution is 2.13. The zero-order valence-electron chi connectivity index (χ0n) is 10.2. The van der Waals surface area contributed by atoms with Gasteiger partial charge in [-0.1, -0.05) is 30.3 Å². The molecule has 0 aliphatic rings. The molecule has 1 aromatic carbocycles. The smallest absolute Gasteiger partial charge is 0.253 e. The van der Waals surface area contributed by atoms with Crippen LogP contribution in [-0.4, -0.2) is 22.6 Å². The number of aliphatic hydroxyl groups is 1. The predicted molar refractivity (Wildman–Crippen MR) is 69.3 cm³/mol. The topological polar surface area (TPSA) is 65.1 Å². The van der Waals surface area contributed by atoms with Gasteiger partial charge in [0.05, 0.1) is 18.2 Å². The molecule has 1 atom stereocenters. The van der Waals surface area contributed by atoms with E-state index in [-0.39, 0.29) is 18.6 Å². The van der Waals surface area contributed by atoms with Crippen LogP contribution in [0.25, 0.3) is 0 Å². The van der Waals surface area contributed by atoms with Crippen LogP contribution in [0.5, 0.6) is 0 Å². The molecule has 0 saturated heterocycles. The first-order valence-electron chi connectivity index (χ1n) is 5.83. The third-order valence-corrected chi connectivity index (χ3v) is 2.89. The monoisotopic (exact) mass is 244 g/mol. The van der Waals surface area contributed by atoms with Gasteiger partial charge in [-0.15, -0.1) is 0 Å². The molecule has 18 heavy (non-hydrogen) atoms. The quantitative estimate of drug-likeness (QED) is 0.767. The lowest BCUT2D eigenvalue weighted by Crippen LogP contribution is -2.30. The molecule has 1 unspecified atom stereocenters. The minimum Gasteiger partial charge on any atom is -0.394 e. The van der Waals surface area contributed by atoms with Gasteiger partial charge < -0.3 is 15.4 Å². The minimum absolute atomic E-state index is 0.126. The Labute approximate surface area is 106 Å². The first-order valence-corrected chi connectivity index (χ1v) is 5.83. The second-order valence-corrected chi connectivity index (χ2v) is 4.14. The Morgan fingerprint density at radius 1 is 1.33 bits per heavy atom. The van der Waals surface area contributed by atoms with E-state index >= 15 is 0 Å². The summed E-state index contributed by atoms with van der Waals surface area (Å²) < 4.78 is 0. The number of nitrogens with one attached hydrogen (secondary N) is 2. The summed E-state index contributed by atoms with van der Waals surface area (Å²) in [5, 5.41) is 12.2. The maximum atomic E-state index is 12.0. The van der Waals surface area contributed by atoms with Crippen molar-refractivity contribution < 1.29 is 9.90 Å². The van der Waals surface area contributed by atoms with Crippen LogP contribution in [0.15, 0.2) is 42.6 Å². The van der Waals surface area contributed by atoms with Crippen molar-refractivity contribution in [1.82, 2.24) is 10.3 Å². The van der Waals surface area contributed by atoms with Crippen LogP contribution in [0.3, 0.4) is 0 Å². The molecule has 1 aromatic heterocycles. The highest BCUT2D eigenvalue weighted by molar-refractivity contribution is 5.95. The van der Waals surface area contributed by atoms with Crippen molar-refractivity contribution in [2.24, 2.45) is 0 Å². The summed E-state index contributed by atoms with van der Waals surface area (Å²) in [5.74, 6) is -0.184. The predicted octanol–water partition coefficient (Wildman–Crippen LogP) is 1.79. The number of rotatable bonds is 4. The summed E-state index contributed by atoms with van der Waals surface area (Å²) in [4.78, 5) is 15.0. The second kappa shape index (κ2) is 5.51. The van der Waals surface area contributed by atoms with E-state index < -0.39 is 0 Å². The second-order valence-electron chi connectivity index (χ2n) is 4.14. The van der Waals surface area contributed by atoms with E-state index in [0.29, 0.717) is 5.56 Å². The number of hydrogen-bond acceptors (Lipinski definition) is 2. The third kappa shape index (κ3) is 2.60. The fraction of sp³-hybridized carbons (Fsp3) is 0.214. The number of H-pyrrole nitrogens is 1. The summed E-state index contributed by atoms with van der Waals surface area (Å²) in [7, 11) is 0. The van der Waals surface area contributed by atoms with Crippen LogP contribution >= 0.6 is 0 Å². The van der Waals surface area contributed by atoms with Crippen LogP contribution in [0.2, 0.25) is 0 Å². The molecule has 1 amide bonds. The minimum atomic E-state index is -0.381. The molecular weight excluding hydrogens is 228 g/mol. The Kier molecular flexibility index (Phi) is 3.79. The Morgan fingerprint density at radius 2 is 2.06 bits per heavy atom. The molecule has 0 bridgehead atoms. The average Bonchev–Trinajstić information content (AvgIpc) is 2.83. The molecule has 0 aliphatic heterocycles. The van der Waals surface area contributed by atoms with Crippen LogP contribution in [0, 0.1) is 6.92 Å². The number of benzene rings is 1. The molecule has 4 nitrogen and oxygen atoms in total. The maximum Gasteiger partial charge on any atom is 0.253 e. The number of aliphatic hydroxyl groups excluding tert-OH is 1. The van der Waals surface area contributed by atoms with Crippen molar-refractivity contribution in [1.29, 1.82) is 0 Å². The summed E-state index contributed by atoms with van der Waals surface area (Å²) in [6.45, 7) is 1.71. The Morgan fingerprint density at radius 3 is 2.61 bits per heavy atom. The Hall–Kier alpha value is -2.07. The van der Waals surface area contributed by atoms with Crippen LogP contribution in [0.1, 0.15) is 27.7 Å². The number of aromatic amines is 1. The van der Waals surface area contributed by atoms with Crippen molar-refractivity contribution in [2.45, 2.75) is 13.0 Å². The molecule has 1 heterocycles. The van der Waals surface area contributed by atoms with Crippen LogP contribution in [0.4, 0.5) is 0 Å². The highest BCUT2D eigenvalue weighted by Gasteiger charge is 2.16. The molecule has 2 rings (SSSR count). The molecule has 94 valence electrons. The van der Waals surface area contributed by atoms with E-state index in [9.17, 15) is 9.90 Å². The third-order valence-electron chi connectivity index (χ3n) is 2.89. The van der Waals surface area contributed by atoms with Crippen LogP contribution in [-0.2, 0) is 0 Å². The fourth-order valence-corrected chi connectivity index (χ4v) is 1.85. The molecule has 2 aromatic rings. The standard InChI is InChI=1S/C14H16N2O2/c1-10-12(7-8-15-10)14(18)16-13(9-17)11-5-3-2-4-6-11/h2-8,13,15,17H,9H2,1H3,(H,16,18). The largest absolute Gasteiger partial charge is 0.394 e. The van der Waals surface area contributed by atoms with Gasteiger partial charge in [-0.2, -0.15) is 0 Å². The van der Waals surface area contributed by atoms with Gasteiger partial charge in [0.15, 0.2) is 0 Å². The molecule has 0 fully saturated rings. The van der Waals surface area contributed by atoms with Gasteiger partial charge in [-0.05, 0) is 18.6 Å². The Balaban J connectivity index is 2.13. The van der Waals surface area contributed by atoms with E-state index in [1.54, 1.807) is 12.3 Å². The van der Waals surface area contributed by atoms with Crippen molar-refractivity contribution in [3.63, 3.8) is 0 Å². The average molecular weight is 244 g/mol. The van der Waals surface area contributed by atoms with E-state index in [4.69, 9.17) is 0 Å². The van der Waals surface area contributed by atoms with Crippen molar-refractivity contribution in [3.8, 4) is 0 Å². The van der Waals surface area contributed by atoms with Gasteiger partial charge in [0, 0.05) is 11.9 Å². The van der Waals surface area contributed by atoms with Gasteiger partial charge in [-0.25, -0.2) is 0 Å². The lowest BCUT2D eigenvalue weighted by atomic mass is 10.1. The lowest BCUT2D eigenvalue weighted by Gasteiger charge is -2.16. The van der Waals surface area contributed by atoms with Crippen molar-refractivity contribution >= 4 is 5.91 Å². The van der Waals surface area contributed by atoms with Gasteiger partial charge in [0.2, 0.25) is 0 Å². The lowest BCUT2D eigenvalue weighted by molar-refractivity contribution is 0.0915. The number of hydrogen-bond donors (Lipinski definition) is 3. The number of carbonyl (C=O) groups is 1. The van der Waals surface area contributed by atoms with Crippen molar-refractivity contribution in [2.75, 3.05) is 6.61 Å². The molecular formula is C14H16N2O2. The van der Waals surface area contributed by atoms with E-state index in [2.05, 4.69) is 10.3 Å². The molecule has 0 spiro atoms. The number of aryl methyl sites for hydroxylation is 1. The summed E-state index contributed by atoms with van der Waals surface area (Å²) in [6.07, 6.45) is 1.72. The molecule has 0 saturated carbocycles. The van der Waals surface area contributed by atoms with E-state index in [0.717, 1.165) is 11.3 Å². The molecule has 4 heteroatoms. The number of carbonyl (C=O) groups excluding carboxylic acids is 1. The summed E-state index contributed by atoms with van der Waals surface area (Å²) in [6, 6.07) is 10.8. The first kappa shape index (κ1) is 12.4. The molecule has 3 N–H and O–H groups in total. The highest BCUT2D eigenvalue weighted by atomic mass is 16.3. The first-order chi connectivity index (χ1) is 8.72. The van der Waals surface area contributed by atoms with Crippen molar-refractivity contribution in [3.05, 3.63) is 59.4 Å². The maximum absolute atomic E-state index is 12.0. The van der Waals surface area contributed by atoms with E-state index in [1.165, 1.54) is 0 Å².